The van der Waals surface area contributed by atoms with Crippen molar-refractivity contribution >= 4 is 11.0 Å². The summed E-state index contributed by atoms with van der Waals surface area (Å²) in [6, 6.07) is 54.5. The molecule has 0 amide bonds. The molecular formula is C46H37N7O. The quantitative estimate of drug-likeness (QED) is 0.125. The maximum Gasteiger partial charge on any atom is 0.184 e. The molecule has 0 saturated heterocycles. The van der Waals surface area contributed by atoms with E-state index in [2.05, 4.69) is 143 Å². The number of fused-ring (bicyclic) bond motifs is 1. The predicted molar refractivity (Wildman–Crippen MR) is 212 cm³/mol. The van der Waals surface area contributed by atoms with Gasteiger partial charge in [0.05, 0.1) is 18.0 Å². The van der Waals surface area contributed by atoms with E-state index in [-0.39, 0.29) is 0 Å². The summed E-state index contributed by atoms with van der Waals surface area (Å²) >= 11 is 0. The summed E-state index contributed by atoms with van der Waals surface area (Å²) in [6.07, 6.45) is 5.39. The zero-order valence-corrected chi connectivity index (χ0v) is 29.8. The summed E-state index contributed by atoms with van der Waals surface area (Å²) in [5, 5.41) is 13.9. The third kappa shape index (κ3) is 5.78. The number of pyridine rings is 1. The Kier molecular flexibility index (Phi) is 8.69. The van der Waals surface area contributed by atoms with Gasteiger partial charge in [0.25, 0.3) is 0 Å². The van der Waals surface area contributed by atoms with Crippen molar-refractivity contribution in [2.24, 2.45) is 0 Å². The second kappa shape index (κ2) is 14.2. The standard InChI is InChI=1S/C46H37N7O/c1-2-15-44-48-41-31-47-40(43-24-14-29-54-43)30-42(41)52(44)32-33-25-27-34(28-26-33)38-22-12-13-23-39(38)45-49-50-51-53(45)46(35-16-6-3-7-17-35,36-18-8-4-9-19-36)37-20-10-5-11-21-37/h3-14,16-31H,2,15,32H2,1H3. The van der Waals surface area contributed by atoms with Crippen molar-refractivity contribution in [1.29, 1.82) is 0 Å². The Morgan fingerprint density at radius 1 is 0.667 bits per heavy atom. The van der Waals surface area contributed by atoms with Crippen LogP contribution in [0.2, 0.25) is 0 Å². The van der Waals surface area contributed by atoms with E-state index in [1.807, 2.05) is 47.3 Å². The number of rotatable bonds is 11. The molecule has 0 bridgehead atoms. The second-order valence-electron chi connectivity index (χ2n) is 13.4. The predicted octanol–water partition coefficient (Wildman–Crippen LogP) is 9.85. The average molecular weight is 704 g/mol. The lowest BCUT2D eigenvalue weighted by atomic mass is 9.77. The largest absolute Gasteiger partial charge is 0.463 e. The zero-order chi connectivity index (χ0) is 36.3. The molecule has 0 unspecified atom stereocenters. The first-order valence-corrected chi connectivity index (χ1v) is 18.3. The maximum atomic E-state index is 5.66. The molecule has 8 nitrogen and oxygen atoms in total. The molecule has 0 aliphatic heterocycles. The van der Waals surface area contributed by atoms with E-state index < -0.39 is 5.54 Å². The number of hydrogen-bond donors (Lipinski definition) is 0. The van der Waals surface area contributed by atoms with Crippen molar-refractivity contribution in [2.45, 2.75) is 31.8 Å². The lowest BCUT2D eigenvalue weighted by molar-refractivity contribution is 0.451. The van der Waals surface area contributed by atoms with Crippen molar-refractivity contribution in [3.63, 3.8) is 0 Å². The van der Waals surface area contributed by atoms with Crippen LogP contribution in [-0.4, -0.2) is 34.7 Å². The molecule has 0 aliphatic rings. The Morgan fingerprint density at radius 3 is 1.91 bits per heavy atom. The summed E-state index contributed by atoms with van der Waals surface area (Å²) in [5.41, 5.74) is 9.25. The number of aryl methyl sites for hydroxylation is 1. The number of tetrazole rings is 1. The minimum absolute atomic E-state index is 0.668. The number of imidazole rings is 1. The highest BCUT2D eigenvalue weighted by molar-refractivity contribution is 5.82. The first-order chi connectivity index (χ1) is 26.7. The lowest BCUT2D eigenvalue weighted by Gasteiger charge is -2.36. The van der Waals surface area contributed by atoms with Crippen molar-refractivity contribution < 1.29 is 4.42 Å². The molecule has 4 heterocycles. The van der Waals surface area contributed by atoms with Crippen LogP contribution in [-0.2, 0) is 18.5 Å². The Balaban J connectivity index is 1.13. The Bertz CT molecular complexity index is 2530. The summed E-state index contributed by atoms with van der Waals surface area (Å²) in [5.74, 6) is 2.46. The van der Waals surface area contributed by atoms with E-state index in [0.717, 1.165) is 74.5 Å². The van der Waals surface area contributed by atoms with Gasteiger partial charge in [0.15, 0.2) is 11.6 Å². The fourth-order valence-electron chi connectivity index (χ4n) is 7.62. The van der Waals surface area contributed by atoms with Gasteiger partial charge in [-0.3, -0.25) is 4.98 Å². The summed E-state index contributed by atoms with van der Waals surface area (Å²) in [4.78, 5) is 9.60. The van der Waals surface area contributed by atoms with Gasteiger partial charge in [-0.05, 0) is 68.4 Å². The average Bonchev–Trinajstić information content (AvgIpc) is 4.02. The fraction of sp³-hybridized carbons (Fsp3) is 0.109. The third-order valence-electron chi connectivity index (χ3n) is 10.1. The van der Waals surface area contributed by atoms with E-state index in [9.17, 15) is 0 Å². The number of aromatic nitrogens is 7. The van der Waals surface area contributed by atoms with Crippen LogP contribution in [0, 0.1) is 0 Å². The Hall–Kier alpha value is -6.93. The van der Waals surface area contributed by atoms with Crippen LogP contribution in [0.5, 0.6) is 0 Å². The van der Waals surface area contributed by atoms with Crippen molar-refractivity contribution in [2.75, 3.05) is 0 Å². The summed E-state index contributed by atoms with van der Waals surface area (Å²) in [7, 11) is 0. The van der Waals surface area contributed by atoms with Crippen LogP contribution in [0.4, 0.5) is 0 Å². The smallest absolute Gasteiger partial charge is 0.184 e. The molecule has 5 aromatic carbocycles. The van der Waals surface area contributed by atoms with Gasteiger partial charge >= 0.3 is 0 Å². The molecular weight excluding hydrogens is 667 g/mol. The van der Waals surface area contributed by atoms with Crippen LogP contribution < -0.4 is 0 Å². The van der Waals surface area contributed by atoms with E-state index in [4.69, 9.17) is 19.7 Å². The van der Waals surface area contributed by atoms with Gasteiger partial charge in [0, 0.05) is 18.5 Å². The minimum atomic E-state index is -0.852. The van der Waals surface area contributed by atoms with Crippen LogP contribution in [0.3, 0.4) is 0 Å². The van der Waals surface area contributed by atoms with Gasteiger partial charge in [-0.15, -0.1) is 5.10 Å². The van der Waals surface area contributed by atoms with Gasteiger partial charge in [-0.1, -0.05) is 146 Å². The molecule has 4 aromatic heterocycles. The third-order valence-corrected chi connectivity index (χ3v) is 10.1. The first-order valence-electron chi connectivity index (χ1n) is 18.3. The Morgan fingerprint density at radius 2 is 1.30 bits per heavy atom. The SMILES string of the molecule is CCCc1nc2cnc(-c3ccco3)cc2n1Cc1ccc(-c2ccccc2-c2nnnn2C(c2ccccc2)(c2ccccc2)c2ccccc2)cc1. The van der Waals surface area contributed by atoms with Crippen LogP contribution in [0.15, 0.2) is 175 Å². The number of hydrogen-bond acceptors (Lipinski definition) is 6. The highest BCUT2D eigenvalue weighted by atomic mass is 16.3. The Labute approximate surface area is 313 Å². The molecule has 0 atom stereocenters. The molecule has 8 heteroatoms. The first kappa shape index (κ1) is 32.9. The fourth-order valence-corrected chi connectivity index (χ4v) is 7.62. The number of furan rings is 1. The minimum Gasteiger partial charge on any atom is -0.463 e. The van der Waals surface area contributed by atoms with Crippen LogP contribution in [0.1, 0.15) is 41.4 Å². The normalized spacial score (nSPS) is 11.6. The molecule has 0 saturated carbocycles. The monoisotopic (exact) mass is 703 g/mol. The highest BCUT2D eigenvalue weighted by Gasteiger charge is 2.42. The number of benzene rings is 5. The van der Waals surface area contributed by atoms with Gasteiger partial charge in [0.2, 0.25) is 0 Å². The van der Waals surface area contributed by atoms with Crippen LogP contribution in [0.25, 0.3) is 45.0 Å². The second-order valence-corrected chi connectivity index (χ2v) is 13.4. The van der Waals surface area contributed by atoms with E-state index >= 15 is 0 Å². The van der Waals surface area contributed by atoms with Crippen molar-refractivity contribution in [1.82, 2.24) is 34.7 Å². The number of nitrogens with zero attached hydrogens (tertiary/aromatic N) is 7. The zero-order valence-electron chi connectivity index (χ0n) is 29.8. The topological polar surface area (TPSA) is 87.4 Å². The van der Waals surface area contributed by atoms with E-state index in [1.165, 1.54) is 5.56 Å². The molecule has 0 spiro atoms. The molecule has 9 rings (SSSR count). The van der Waals surface area contributed by atoms with E-state index in [0.29, 0.717) is 12.4 Å². The lowest BCUT2D eigenvalue weighted by Crippen LogP contribution is -2.39. The highest BCUT2D eigenvalue weighted by Crippen LogP contribution is 2.43. The van der Waals surface area contributed by atoms with Crippen LogP contribution >= 0.6 is 0 Å². The van der Waals surface area contributed by atoms with Gasteiger partial charge in [0.1, 0.15) is 22.6 Å². The molecule has 262 valence electrons. The van der Waals surface area contributed by atoms with Gasteiger partial charge in [-0.2, -0.15) is 0 Å². The van der Waals surface area contributed by atoms with Gasteiger partial charge < -0.3 is 8.98 Å². The molecule has 0 N–H and O–H groups in total. The molecule has 54 heavy (non-hydrogen) atoms. The molecule has 0 fully saturated rings. The summed E-state index contributed by atoms with van der Waals surface area (Å²) < 4.78 is 9.96. The molecule has 0 aliphatic carbocycles. The van der Waals surface area contributed by atoms with E-state index in [1.54, 1.807) is 6.26 Å². The molecule has 9 aromatic rings. The van der Waals surface area contributed by atoms with Crippen molar-refractivity contribution in [3.8, 4) is 34.0 Å². The van der Waals surface area contributed by atoms with Crippen molar-refractivity contribution in [3.05, 3.63) is 198 Å². The summed E-state index contributed by atoms with van der Waals surface area (Å²) in [6.45, 7) is 2.86. The molecule has 0 radical (unpaired) electrons. The maximum absolute atomic E-state index is 5.66. The van der Waals surface area contributed by atoms with Gasteiger partial charge in [-0.25, -0.2) is 9.67 Å².